The second-order valence-corrected chi connectivity index (χ2v) is 5.42. The van der Waals surface area contributed by atoms with Crippen molar-refractivity contribution in [3.63, 3.8) is 0 Å². The molecule has 0 bridgehead atoms. The molecule has 0 unspecified atom stereocenters. The largest absolute Gasteiger partial charge is 0.272 e. The SMILES string of the molecule is CCCCON(CCCC)C(=O)Cc1cccnc1Br. The van der Waals surface area contributed by atoms with Gasteiger partial charge in [0.1, 0.15) is 4.60 Å². The molecule has 0 atom stereocenters. The summed E-state index contributed by atoms with van der Waals surface area (Å²) in [5.74, 6) is -0.0109. The molecule has 0 aliphatic carbocycles. The fourth-order valence-corrected chi connectivity index (χ4v) is 2.07. The van der Waals surface area contributed by atoms with E-state index in [0.29, 0.717) is 19.6 Å². The normalized spacial score (nSPS) is 10.6. The molecule has 1 heterocycles. The molecule has 1 aromatic heterocycles. The standard InChI is InChI=1S/C15H23BrN2O2/c1-3-5-10-18(20-11-6-4-2)14(19)12-13-8-7-9-17-15(13)16/h7-9H,3-6,10-12H2,1-2H3. The Morgan fingerprint density at radius 2 is 2.10 bits per heavy atom. The van der Waals surface area contributed by atoms with Gasteiger partial charge in [0, 0.05) is 12.7 Å². The molecule has 20 heavy (non-hydrogen) atoms. The Hall–Kier alpha value is -0.940. The molecule has 0 saturated heterocycles. The molecule has 0 radical (unpaired) electrons. The fraction of sp³-hybridized carbons (Fsp3) is 0.600. The van der Waals surface area contributed by atoms with Gasteiger partial charge in [-0.05, 0) is 40.4 Å². The number of hydrogen-bond acceptors (Lipinski definition) is 3. The lowest BCUT2D eigenvalue weighted by Crippen LogP contribution is -2.33. The third-order valence-electron chi connectivity index (χ3n) is 2.92. The van der Waals surface area contributed by atoms with Crippen molar-refractivity contribution in [3.05, 3.63) is 28.5 Å². The van der Waals surface area contributed by atoms with Gasteiger partial charge in [-0.2, -0.15) is 0 Å². The minimum atomic E-state index is -0.0109. The van der Waals surface area contributed by atoms with Crippen molar-refractivity contribution in [2.24, 2.45) is 0 Å². The summed E-state index contributed by atoms with van der Waals surface area (Å²) < 4.78 is 0.720. The highest BCUT2D eigenvalue weighted by atomic mass is 79.9. The van der Waals surface area contributed by atoms with E-state index in [1.807, 2.05) is 12.1 Å². The summed E-state index contributed by atoms with van der Waals surface area (Å²) in [5, 5.41) is 1.51. The number of hydrogen-bond donors (Lipinski definition) is 0. The van der Waals surface area contributed by atoms with Gasteiger partial charge in [0.2, 0.25) is 0 Å². The molecule has 0 aromatic carbocycles. The van der Waals surface area contributed by atoms with Crippen molar-refractivity contribution in [3.8, 4) is 0 Å². The van der Waals surface area contributed by atoms with Crippen LogP contribution in [0, 0.1) is 0 Å². The molecule has 1 rings (SSSR count). The maximum Gasteiger partial charge on any atom is 0.250 e. The van der Waals surface area contributed by atoms with E-state index in [-0.39, 0.29) is 5.91 Å². The average molecular weight is 343 g/mol. The van der Waals surface area contributed by atoms with Gasteiger partial charge in [-0.25, -0.2) is 10.0 Å². The molecule has 1 amide bonds. The lowest BCUT2D eigenvalue weighted by Gasteiger charge is -2.22. The minimum absolute atomic E-state index is 0.0109. The van der Waals surface area contributed by atoms with Gasteiger partial charge in [-0.15, -0.1) is 0 Å². The number of amides is 1. The molecule has 0 aliphatic rings. The Morgan fingerprint density at radius 3 is 2.75 bits per heavy atom. The molecule has 1 aromatic rings. The van der Waals surface area contributed by atoms with E-state index in [0.717, 1.165) is 35.8 Å². The predicted molar refractivity (Wildman–Crippen MR) is 83.1 cm³/mol. The van der Waals surface area contributed by atoms with Crippen LogP contribution in [0.3, 0.4) is 0 Å². The van der Waals surface area contributed by atoms with Gasteiger partial charge >= 0.3 is 0 Å². The molecule has 112 valence electrons. The zero-order valence-corrected chi connectivity index (χ0v) is 13.9. The molecule has 0 spiro atoms. The lowest BCUT2D eigenvalue weighted by molar-refractivity contribution is -0.186. The first kappa shape index (κ1) is 17.1. The second-order valence-electron chi connectivity index (χ2n) is 4.67. The number of carbonyl (C=O) groups is 1. The third-order valence-corrected chi connectivity index (χ3v) is 3.63. The van der Waals surface area contributed by atoms with Crippen LogP contribution in [0.4, 0.5) is 0 Å². The molecule has 0 N–H and O–H groups in total. The van der Waals surface area contributed by atoms with E-state index in [2.05, 4.69) is 34.8 Å². The monoisotopic (exact) mass is 342 g/mol. The van der Waals surface area contributed by atoms with Crippen LogP contribution in [0.5, 0.6) is 0 Å². The summed E-state index contributed by atoms with van der Waals surface area (Å²) >= 11 is 3.37. The van der Waals surface area contributed by atoms with E-state index < -0.39 is 0 Å². The summed E-state index contributed by atoms with van der Waals surface area (Å²) in [6.45, 7) is 5.46. The molecule has 0 aliphatic heterocycles. The maximum absolute atomic E-state index is 12.3. The van der Waals surface area contributed by atoms with Crippen LogP contribution in [0.25, 0.3) is 0 Å². The Bertz CT molecular complexity index is 413. The van der Waals surface area contributed by atoms with Gasteiger partial charge < -0.3 is 0 Å². The molecule has 4 nitrogen and oxygen atoms in total. The molecular formula is C15H23BrN2O2. The highest BCUT2D eigenvalue weighted by molar-refractivity contribution is 9.10. The highest BCUT2D eigenvalue weighted by Crippen LogP contribution is 2.14. The first-order chi connectivity index (χ1) is 9.69. The van der Waals surface area contributed by atoms with Gasteiger partial charge in [-0.3, -0.25) is 9.63 Å². The van der Waals surface area contributed by atoms with Crippen molar-refractivity contribution < 1.29 is 9.63 Å². The summed E-state index contributed by atoms with van der Waals surface area (Å²) in [5.41, 5.74) is 0.887. The maximum atomic E-state index is 12.3. The van der Waals surface area contributed by atoms with Crippen LogP contribution in [0.1, 0.15) is 45.1 Å². The van der Waals surface area contributed by atoms with E-state index >= 15 is 0 Å². The van der Waals surface area contributed by atoms with Crippen molar-refractivity contribution in [2.75, 3.05) is 13.2 Å². The molecular weight excluding hydrogens is 320 g/mol. The third kappa shape index (κ3) is 6.01. The van der Waals surface area contributed by atoms with E-state index in [9.17, 15) is 4.79 Å². The summed E-state index contributed by atoms with van der Waals surface area (Å²) in [6.07, 6.45) is 6.02. The van der Waals surface area contributed by atoms with Gasteiger partial charge in [-0.1, -0.05) is 32.8 Å². The van der Waals surface area contributed by atoms with Crippen molar-refractivity contribution in [1.29, 1.82) is 0 Å². The first-order valence-electron chi connectivity index (χ1n) is 7.21. The summed E-state index contributed by atoms with van der Waals surface area (Å²) in [7, 11) is 0. The van der Waals surface area contributed by atoms with Gasteiger partial charge in [0.25, 0.3) is 5.91 Å². The minimum Gasteiger partial charge on any atom is -0.272 e. The first-order valence-corrected chi connectivity index (χ1v) is 8.01. The van der Waals surface area contributed by atoms with Crippen molar-refractivity contribution >= 4 is 21.8 Å². The molecule has 0 fully saturated rings. The van der Waals surface area contributed by atoms with Crippen LogP contribution >= 0.6 is 15.9 Å². The van der Waals surface area contributed by atoms with Crippen LogP contribution in [-0.2, 0) is 16.1 Å². The fourth-order valence-electron chi connectivity index (χ4n) is 1.68. The number of pyridine rings is 1. The zero-order valence-electron chi connectivity index (χ0n) is 12.3. The Morgan fingerprint density at radius 1 is 1.35 bits per heavy atom. The number of halogens is 1. The molecule has 0 saturated carbocycles. The van der Waals surface area contributed by atoms with Crippen LogP contribution < -0.4 is 0 Å². The smallest absolute Gasteiger partial charge is 0.250 e. The van der Waals surface area contributed by atoms with Crippen LogP contribution in [-0.4, -0.2) is 29.1 Å². The van der Waals surface area contributed by atoms with E-state index in [1.165, 1.54) is 5.06 Å². The number of aromatic nitrogens is 1. The second kappa shape index (κ2) is 9.88. The lowest BCUT2D eigenvalue weighted by atomic mass is 10.2. The average Bonchev–Trinajstić information content (AvgIpc) is 2.45. The topological polar surface area (TPSA) is 42.4 Å². The Kier molecular flexibility index (Phi) is 8.46. The number of unbranched alkanes of at least 4 members (excludes halogenated alkanes) is 2. The van der Waals surface area contributed by atoms with Gasteiger partial charge in [0.05, 0.1) is 13.0 Å². The molecule has 5 heteroatoms. The summed E-state index contributed by atoms with van der Waals surface area (Å²) in [6, 6.07) is 3.74. The quantitative estimate of drug-likeness (QED) is 0.390. The predicted octanol–water partition coefficient (Wildman–Crippen LogP) is 3.75. The van der Waals surface area contributed by atoms with Gasteiger partial charge in [0.15, 0.2) is 0 Å². The zero-order chi connectivity index (χ0) is 14.8. The van der Waals surface area contributed by atoms with Crippen molar-refractivity contribution in [2.45, 2.75) is 46.0 Å². The number of hydroxylamine groups is 2. The van der Waals surface area contributed by atoms with E-state index in [1.54, 1.807) is 6.20 Å². The Balaban J connectivity index is 2.59. The van der Waals surface area contributed by atoms with Crippen LogP contribution in [0.2, 0.25) is 0 Å². The number of rotatable bonds is 9. The van der Waals surface area contributed by atoms with Crippen LogP contribution in [0.15, 0.2) is 22.9 Å². The van der Waals surface area contributed by atoms with Crippen molar-refractivity contribution in [1.82, 2.24) is 10.0 Å². The van der Waals surface area contributed by atoms with E-state index in [4.69, 9.17) is 4.84 Å². The number of nitrogens with zero attached hydrogens (tertiary/aromatic N) is 2. The summed E-state index contributed by atoms with van der Waals surface area (Å²) in [4.78, 5) is 22.1. The number of carbonyl (C=O) groups excluding carboxylic acids is 1. The Labute approximate surface area is 129 Å². The highest BCUT2D eigenvalue weighted by Gasteiger charge is 2.16.